The summed E-state index contributed by atoms with van der Waals surface area (Å²) in [4.78, 5) is 5.14. The van der Waals surface area contributed by atoms with E-state index in [1.165, 1.54) is 6.07 Å². The Hall–Kier alpha value is -1.30. The number of pyridine rings is 1. The number of halogens is 1. The van der Waals surface area contributed by atoms with Crippen LogP contribution in [0.5, 0.6) is 0 Å². The van der Waals surface area contributed by atoms with Crippen LogP contribution in [0.1, 0.15) is 22.2 Å². The first-order valence-corrected chi connectivity index (χ1v) is 5.72. The third-order valence-corrected chi connectivity index (χ3v) is 3.30. The van der Waals surface area contributed by atoms with Crippen LogP contribution in [0.4, 0.5) is 4.39 Å². The van der Waals surface area contributed by atoms with Crippen molar-refractivity contribution in [1.82, 2.24) is 10.4 Å². The molecule has 0 aliphatic rings. The molecule has 0 saturated heterocycles. The number of aromatic nitrogens is 1. The van der Waals surface area contributed by atoms with Gasteiger partial charge in [-0.2, -0.15) is 0 Å². The van der Waals surface area contributed by atoms with E-state index in [0.717, 1.165) is 10.4 Å². The highest BCUT2D eigenvalue weighted by molar-refractivity contribution is 7.10. The molecule has 2 aromatic heterocycles. The Bertz CT molecular complexity index is 484. The Balaban J connectivity index is 2.45. The highest BCUT2D eigenvalue weighted by atomic mass is 32.1. The van der Waals surface area contributed by atoms with Crippen LogP contribution in [0.3, 0.4) is 0 Å². The molecule has 5 heteroatoms. The maximum atomic E-state index is 13.6. The second-order valence-electron chi connectivity index (χ2n) is 3.40. The Kier molecular flexibility index (Phi) is 3.28. The molecule has 0 bridgehead atoms. The fourth-order valence-electron chi connectivity index (χ4n) is 1.62. The van der Waals surface area contributed by atoms with Gasteiger partial charge in [-0.1, -0.05) is 0 Å². The molecule has 16 heavy (non-hydrogen) atoms. The molecule has 3 nitrogen and oxygen atoms in total. The Morgan fingerprint density at radius 3 is 2.88 bits per heavy atom. The fourth-order valence-corrected chi connectivity index (χ4v) is 2.36. The molecule has 0 aromatic carbocycles. The van der Waals surface area contributed by atoms with Crippen molar-refractivity contribution in [2.45, 2.75) is 13.0 Å². The summed E-state index contributed by atoms with van der Waals surface area (Å²) in [5.74, 6) is 5.13. The fraction of sp³-hybridized carbons (Fsp3) is 0.182. The van der Waals surface area contributed by atoms with Gasteiger partial charge in [0.2, 0.25) is 0 Å². The van der Waals surface area contributed by atoms with Crippen LogP contribution in [0.25, 0.3) is 0 Å². The standard InChI is InChI=1S/C11H12FN3S/c1-7-8(4-6-16-7)10(15-13)11-9(12)3-2-5-14-11/h2-6,10,15H,13H2,1H3. The minimum Gasteiger partial charge on any atom is -0.271 e. The van der Waals surface area contributed by atoms with E-state index >= 15 is 0 Å². The predicted octanol–water partition coefficient (Wildman–Crippen LogP) is 2.14. The third kappa shape index (κ3) is 1.97. The summed E-state index contributed by atoms with van der Waals surface area (Å²) in [6.45, 7) is 1.98. The average Bonchev–Trinajstić information content (AvgIpc) is 2.69. The minimum atomic E-state index is -0.396. The molecule has 0 fully saturated rings. The highest BCUT2D eigenvalue weighted by Crippen LogP contribution is 2.27. The molecule has 0 aliphatic carbocycles. The summed E-state index contributed by atoms with van der Waals surface area (Å²) >= 11 is 1.60. The number of hydrogen-bond donors (Lipinski definition) is 2. The quantitative estimate of drug-likeness (QED) is 0.635. The van der Waals surface area contributed by atoms with Crippen molar-refractivity contribution >= 4 is 11.3 Å². The molecular formula is C11H12FN3S. The first-order valence-electron chi connectivity index (χ1n) is 4.84. The summed E-state index contributed by atoms with van der Waals surface area (Å²) in [7, 11) is 0. The number of hydrogen-bond acceptors (Lipinski definition) is 4. The van der Waals surface area contributed by atoms with Crippen molar-refractivity contribution < 1.29 is 4.39 Å². The molecule has 0 amide bonds. The predicted molar refractivity (Wildman–Crippen MR) is 62.4 cm³/mol. The Morgan fingerprint density at radius 1 is 1.50 bits per heavy atom. The number of aryl methyl sites for hydroxylation is 1. The number of nitrogens with one attached hydrogen (secondary N) is 1. The van der Waals surface area contributed by atoms with Gasteiger partial charge >= 0.3 is 0 Å². The summed E-state index contributed by atoms with van der Waals surface area (Å²) in [6.07, 6.45) is 1.56. The van der Waals surface area contributed by atoms with Crippen molar-refractivity contribution in [3.8, 4) is 0 Å². The third-order valence-electron chi connectivity index (χ3n) is 2.44. The minimum absolute atomic E-state index is 0.325. The molecule has 1 unspecified atom stereocenters. The molecular weight excluding hydrogens is 225 g/mol. The summed E-state index contributed by atoms with van der Waals surface area (Å²) in [5.41, 5.74) is 3.90. The monoisotopic (exact) mass is 237 g/mol. The molecule has 3 N–H and O–H groups in total. The lowest BCUT2D eigenvalue weighted by atomic mass is 10.0. The second-order valence-corrected chi connectivity index (χ2v) is 4.52. The van der Waals surface area contributed by atoms with Gasteiger partial charge < -0.3 is 0 Å². The van der Waals surface area contributed by atoms with Crippen LogP contribution in [0, 0.1) is 12.7 Å². The average molecular weight is 237 g/mol. The first kappa shape index (κ1) is 11.2. The Morgan fingerprint density at radius 2 is 2.31 bits per heavy atom. The molecule has 2 heterocycles. The number of thiophene rings is 1. The number of nitrogens with two attached hydrogens (primary N) is 1. The lowest BCUT2D eigenvalue weighted by molar-refractivity contribution is 0.543. The van der Waals surface area contributed by atoms with Crippen molar-refractivity contribution in [3.63, 3.8) is 0 Å². The van der Waals surface area contributed by atoms with E-state index < -0.39 is 6.04 Å². The molecule has 0 saturated carbocycles. The maximum absolute atomic E-state index is 13.6. The van der Waals surface area contributed by atoms with Crippen LogP contribution >= 0.6 is 11.3 Å². The molecule has 2 rings (SSSR count). The van der Waals surface area contributed by atoms with Gasteiger partial charge in [-0.15, -0.1) is 11.3 Å². The van der Waals surface area contributed by atoms with Crippen molar-refractivity contribution in [2.75, 3.05) is 0 Å². The number of rotatable bonds is 3. The van der Waals surface area contributed by atoms with Gasteiger partial charge in [-0.05, 0) is 36.1 Å². The largest absolute Gasteiger partial charge is 0.271 e. The zero-order valence-electron chi connectivity index (χ0n) is 8.77. The zero-order valence-corrected chi connectivity index (χ0v) is 9.59. The van der Waals surface area contributed by atoms with Crippen molar-refractivity contribution in [3.05, 3.63) is 51.7 Å². The maximum Gasteiger partial charge on any atom is 0.146 e. The van der Waals surface area contributed by atoms with E-state index in [1.54, 1.807) is 23.6 Å². The second kappa shape index (κ2) is 4.69. The van der Waals surface area contributed by atoms with E-state index in [2.05, 4.69) is 10.4 Å². The van der Waals surface area contributed by atoms with Crippen LogP contribution in [-0.4, -0.2) is 4.98 Å². The van der Waals surface area contributed by atoms with Crippen LogP contribution in [0.2, 0.25) is 0 Å². The van der Waals surface area contributed by atoms with E-state index in [4.69, 9.17) is 5.84 Å². The van der Waals surface area contributed by atoms with Gasteiger partial charge in [0.1, 0.15) is 5.82 Å². The van der Waals surface area contributed by atoms with Gasteiger partial charge in [-0.25, -0.2) is 9.82 Å². The highest BCUT2D eigenvalue weighted by Gasteiger charge is 2.19. The van der Waals surface area contributed by atoms with E-state index in [-0.39, 0.29) is 5.82 Å². The summed E-state index contributed by atoms with van der Waals surface area (Å²) in [6, 6.07) is 4.48. The molecule has 0 aliphatic heterocycles. The first-order chi connectivity index (χ1) is 7.74. The Labute approximate surface area is 97.1 Å². The van der Waals surface area contributed by atoms with E-state index in [0.29, 0.717) is 5.69 Å². The van der Waals surface area contributed by atoms with Crippen molar-refractivity contribution in [2.24, 2.45) is 5.84 Å². The number of hydrazine groups is 1. The number of nitrogens with zero attached hydrogens (tertiary/aromatic N) is 1. The summed E-state index contributed by atoms with van der Waals surface area (Å²) < 4.78 is 13.6. The van der Waals surface area contributed by atoms with Crippen molar-refractivity contribution in [1.29, 1.82) is 0 Å². The van der Waals surface area contributed by atoms with E-state index in [9.17, 15) is 4.39 Å². The van der Waals surface area contributed by atoms with Gasteiger partial charge in [0.05, 0.1) is 11.7 Å². The molecule has 84 valence electrons. The van der Waals surface area contributed by atoms with Crippen LogP contribution in [0.15, 0.2) is 29.8 Å². The van der Waals surface area contributed by atoms with Crippen LogP contribution < -0.4 is 11.3 Å². The van der Waals surface area contributed by atoms with Gasteiger partial charge in [0, 0.05) is 11.1 Å². The van der Waals surface area contributed by atoms with Gasteiger partial charge in [0.25, 0.3) is 0 Å². The van der Waals surface area contributed by atoms with Crippen LogP contribution in [-0.2, 0) is 0 Å². The van der Waals surface area contributed by atoms with Gasteiger partial charge in [0.15, 0.2) is 0 Å². The lowest BCUT2D eigenvalue weighted by Gasteiger charge is -2.15. The zero-order chi connectivity index (χ0) is 11.5. The lowest BCUT2D eigenvalue weighted by Crippen LogP contribution is -2.30. The normalized spacial score (nSPS) is 12.7. The molecule has 0 radical (unpaired) electrons. The topological polar surface area (TPSA) is 50.9 Å². The summed E-state index contributed by atoms with van der Waals surface area (Å²) in [5, 5.41) is 1.95. The molecule has 2 aromatic rings. The van der Waals surface area contributed by atoms with Gasteiger partial charge in [-0.3, -0.25) is 10.8 Å². The molecule has 0 spiro atoms. The molecule has 1 atom stereocenters. The SMILES string of the molecule is Cc1sccc1C(NN)c1ncccc1F. The smallest absolute Gasteiger partial charge is 0.146 e. The van der Waals surface area contributed by atoms with E-state index in [1.807, 2.05) is 18.4 Å².